The van der Waals surface area contributed by atoms with Gasteiger partial charge in [-0.3, -0.25) is 4.90 Å². The Hall–Kier alpha value is -2.86. The Kier molecular flexibility index (Phi) is 5.36. The summed E-state index contributed by atoms with van der Waals surface area (Å²) in [5, 5.41) is 3.53. The normalized spacial score (nSPS) is 21.9. The SMILES string of the molecule is COC(=O)N1c2ccc3c(nc(Cc4ccccc4)n3C3CC4(CCNCC4)C3)c2CC[C@@H]1C. The molecular formula is C28H34N4O2. The van der Waals surface area contributed by atoms with E-state index in [-0.39, 0.29) is 12.1 Å². The van der Waals surface area contributed by atoms with Gasteiger partial charge in [0.15, 0.2) is 0 Å². The molecule has 1 aliphatic carbocycles. The van der Waals surface area contributed by atoms with E-state index in [1.807, 2.05) is 4.90 Å². The standard InChI is InChI=1S/C28H34N4O2/c1-19-8-9-22-23(31(19)27(33)34-2)10-11-24-26(22)30-25(16-20-6-4-3-5-7-20)32(24)21-17-28(18-21)12-14-29-15-13-28/h3-7,10-11,19,21,29H,8-9,12-18H2,1-2H3/t19-/m0/s1. The maximum atomic E-state index is 12.6. The third-order valence-corrected chi connectivity index (χ3v) is 8.47. The van der Waals surface area contributed by atoms with Crippen molar-refractivity contribution in [1.29, 1.82) is 0 Å². The summed E-state index contributed by atoms with van der Waals surface area (Å²) in [6.07, 6.45) is 7.44. The molecule has 1 N–H and O–H groups in total. The minimum atomic E-state index is -0.288. The number of aryl methyl sites for hydroxylation is 1. The van der Waals surface area contributed by atoms with Crippen LogP contribution in [0.25, 0.3) is 11.0 Å². The van der Waals surface area contributed by atoms with Gasteiger partial charge in [0.25, 0.3) is 0 Å². The third-order valence-electron chi connectivity index (χ3n) is 8.47. The first kappa shape index (κ1) is 21.7. The molecular weight excluding hydrogens is 424 g/mol. The van der Waals surface area contributed by atoms with Crippen LogP contribution in [0.15, 0.2) is 42.5 Å². The Morgan fingerprint density at radius 1 is 1.15 bits per heavy atom. The minimum absolute atomic E-state index is 0.120. The van der Waals surface area contributed by atoms with Gasteiger partial charge in [-0.25, -0.2) is 9.78 Å². The number of carbonyl (C=O) groups excluding carboxylic acids is 1. The van der Waals surface area contributed by atoms with E-state index in [2.05, 4.69) is 59.3 Å². The predicted molar refractivity (Wildman–Crippen MR) is 134 cm³/mol. The number of nitrogens with zero attached hydrogens (tertiary/aromatic N) is 3. The summed E-state index contributed by atoms with van der Waals surface area (Å²) in [5.74, 6) is 1.15. The number of aromatic nitrogens is 2. The molecule has 6 heteroatoms. The zero-order chi connectivity index (χ0) is 23.3. The number of ether oxygens (including phenoxy) is 1. The summed E-state index contributed by atoms with van der Waals surface area (Å²) in [7, 11) is 1.46. The van der Waals surface area contributed by atoms with Crippen molar-refractivity contribution in [2.24, 2.45) is 5.41 Å². The van der Waals surface area contributed by atoms with Gasteiger partial charge in [-0.1, -0.05) is 30.3 Å². The predicted octanol–water partition coefficient (Wildman–Crippen LogP) is 5.24. The zero-order valence-corrected chi connectivity index (χ0v) is 20.2. The number of anilines is 1. The molecule has 1 atom stereocenters. The van der Waals surface area contributed by atoms with E-state index in [0.29, 0.717) is 11.5 Å². The van der Waals surface area contributed by atoms with Crippen LogP contribution in [0.1, 0.15) is 62.0 Å². The van der Waals surface area contributed by atoms with Gasteiger partial charge in [-0.15, -0.1) is 0 Å². The highest BCUT2D eigenvalue weighted by molar-refractivity contribution is 5.95. The maximum Gasteiger partial charge on any atom is 0.414 e. The average Bonchev–Trinajstić information content (AvgIpc) is 3.20. The summed E-state index contributed by atoms with van der Waals surface area (Å²) >= 11 is 0. The molecule has 0 radical (unpaired) electrons. The van der Waals surface area contributed by atoms with E-state index in [1.165, 1.54) is 49.4 Å². The number of piperidine rings is 1. The number of carbonyl (C=O) groups is 1. The molecule has 2 aromatic carbocycles. The van der Waals surface area contributed by atoms with Gasteiger partial charge in [0, 0.05) is 24.1 Å². The van der Waals surface area contributed by atoms with Crippen LogP contribution in [0.2, 0.25) is 0 Å². The number of imidazole rings is 1. The van der Waals surface area contributed by atoms with Gasteiger partial charge in [0.1, 0.15) is 5.82 Å². The van der Waals surface area contributed by atoms with Gasteiger partial charge in [0.05, 0.1) is 23.8 Å². The molecule has 1 amide bonds. The Morgan fingerprint density at radius 3 is 2.65 bits per heavy atom. The second-order valence-corrected chi connectivity index (χ2v) is 10.5. The summed E-state index contributed by atoms with van der Waals surface area (Å²) in [5.41, 5.74) is 6.21. The highest BCUT2D eigenvalue weighted by Crippen LogP contribution is 2.55. The molecule has 0 bridgehead atoms. The molecule has 1 aromatic heterocycles. The van der Waals surface area contributed by atoms with Crippen molar-refractivity contribution < 1.29 is 9.53 Å². The van der Waals surface area contributed by atoms with E-state index in [9.17, 15) is 4.79 Å². The van der Waals surface area contributed by atoms with Crippen molar-refractivity contribution in [1.82, 2.24) is 14.9 Å². The van der Waals surface area contributed by atoms with Crippen LogP contribution in [-0.4, -0.2) is 41.9 Å². The number of nitrogens with one attached hydrogen (secondary N) is 1. The zero-order valence-electron chi connectivity index (χ0n) is 20.2. The quantitative estimate of drug-likeness (QED) is 0.583. The van der Waals surface area contributed by atoms with Gasteiger partial charge in [-0.2, -0.15) is 0 Å². The molecule has 178 valence electrons. The molecule has 6 rings (SSSR count). The highest BCUT2D eigenvalue weighted by Gasteiger charge is 2.46. The number of benzene rings is 2. The van der Waals surface area contributed by atoms with Crippen molar-refractivity contribution in [2.45, 2.75) is 64.0 Å². The molecule has 1 saturated carbocycles. The topological polar surface area (TPSA) is 59.4 Å². The molecule has 1 saturated heterocycles. The van der Waals surface area contributed by atoms with Crippen LogP contribution >= 0.6 is 0 Å². The van der Waals surface area contributed by atoms with E-state index in [4.69, 9.17) is 9.72 Å². The highest BCUT2D eigenvalue weighted by atomic mass is 16.5. The van der Waals surface area contributed by atoms with E-state index in [1.54, 1.807) is 0 Å². The molecule has 1 spiro atoms. The van der Waals surface area contributed by atoms with Crippen LogP contribution in [0.5, 0.6) is 0 Å². The van der Waals surface area contributed by atoms with Crippen LogP contribution in [0.4, 0.5) is 10.5 Å². The lowest BCUT2D eigenvalue weighted by molar-refractivity contribution is 0.0296. The van der Waals surface area contributed by atoms with Crippen LogP contribution in [-0.2, 0) is 17.6 Å². The summed E-state index contributed by atoms with van der Waals surface area (Å²) < 4.78 is 7.66. The first-order valence-corrected chi connectivity index (χ1v) is 12.7. The molecule has 3 aliphatic rings. The first-order chi connectivity index (χ1) is 16.6. The number of fused-ring (bicyclic) bond motifs is 3. The van der Waals surface area contributed by atoms with Crippen molar-refractivity contribution in [3.05, 3.63) is 59.4 Å². The third kappa shape index (κ3) is 3.50. The van der Waals surface area contributed by atoms with Crippen LogP contribution < -0.4 is 10.2 Å². The summed E-state index contributed by atoms with van der Waals surface area (Å²) in [6.45, 7) is 4.38. The average molecular weight is 459 g/mol. The second kappa shape index (κ2) is 8.42. The Labute approximate surface area is 201 Å². The fraction of sp³-hybridized carbons (Fsp3) is 0.500. The molecule has 3 heterocycles. The minimum Gasteiger partial charge on any atom is -0.452 e. The largest absolute Gasteiger partial charge is 0.452 e. The van der Waals surface area contributed by atoms with E-state index >= 15 is 0 Å². The Balaban J connectivity index is 1.44. The van der Waals surface area contributed by atoms with Crippen molar-refractivity contribution >= 4 is 22.8 Å². The number of methoxy groups -OCH3 is 1. The summed E-state index contributed by atoms with van der Waals surface area (Å²) in [6, 6.07) is 15.6. The number of amides is 1. The van der Waals surface area contributed by atoms with E-state index < -0.39 is 0 Å². The van der Waals surface area contributed by atoms with Crippen molar-refractivity contribution in [3.8, 4) is 0 Å². The number of hydrogen-bond acceptors (Lipinski definition) is 4. The number of hydrogen-bond donors (Lipinski definition) is 1. The van der Waals surface area contributed by atoms with Gasteiger partial charge in [0.2, 0.25) is 0 Å². The number of rotatable bonds is 3. The second-order valence-electron chi connectivity index (χ2n) is 10.5. The lowest BCUT2D eigenvalue weighted by atomic mass is 9.60. The van der Waals surface area contributed by atoms with Crippen LogP contribution in [0, 0.1) is 5.41 Å². The molecule has 3 aromatic rings. The molecule has 2 fully saturated rings. The summed E-state index contributed by atoms with van der Waals surface area (Å²) in [4.78, 5) is 19.7. The molecule has 6 nitrogen and oxygen atoms in total. The Morgan fingerprint density at radius 2 is 1.91 bits per heavy atom. The first-order valence-electron chi connectivity index (χ1n) is 12.7. The molecule has 34 heavy (non-hydrogen) atoms. The maximum absolute atomic E-state index is 12.6. The smallest absolute Gasteiger partial charge is 0.414 e. The van der Waals surface area contributed by atoms with Crippen molar-refractivity contribution in [2.75, 3.05) is 25.1 Å². The van der Waals surface area contributed by atoms with Gasteiger partial charge < -0.3 is 14.6 Å². The van der Waals surface area contributed by atoms with Crippen molar-refractivity contribution in [3.63, 3.8) is 0 Å². The Bertz CT molecular complexity index is 1200. The fourth-order valence-corrected chi connectivity index (χ4v) is 6.62. The monoisotopic (exact) mass is 458 g/mol. The van der Waals surface area contributed by atoms with Gasteiger partial charge in [-0.05, 0) is 81.6 Å². The van der Waals surface area contributed by atoms with E-state index in [0.717, 1.165) is 49.4 Å². The lowest BCUT2D eigenvalue weighted by Gasteiger charge is -2.51. The van der Waals surface area contributed by atoms with Crippen LogP contribution in [0.3, 0.4) is 0 Å². The molecule has 0 unspecified atom stereocenters. The fourth-order valence-electron chi connectivity index (χ4n) is 6.62. The molecule has 2 aliphatic heterocycles. The lowest BCUT2D eigenvalue weighted by Crippen LogP contribution is -2.46. The van der Waals surface area contributed by atoms with Gasteiger partial charge >= 0.3 is 6.09 Å².